The van der Waals surface area contributed by atoms with Crippen LogP contribution in [0.25, 0.3) is 0 Å². The topological polar surface area (TPSA) is 49.0 Å². The average Bonchev–Trinajstić information content (AvgIpc) is 2.01. The van der Waals surface area contributed by atoms with Crippen LogP contribution in [0.15, 0.2) is 0 Å². The molecule has 0 aliphatic heterocycles. The van der Waals surface area contributed by atoms with Crippen LogP contribution in [-0.2, 0) is 9.90 Å². The second kappa shape index (κ2) is 7.54. The van der Waals surface area contributed by atoms with E-state index in [2.05, 4.69) is 5.32 Å². The SMILES string of the molecule is CCCNC(=O)CCCC[O]. The summed E-state index contributed by atoms with van der Waals surface area (Å²) in [5.41, 5.74) is 0. The van der Waals surface area contributed by atoms with Gasteiger partial charge in [-0.1, -0.05) is 6.92 Å². The fraction of sp³-hybridized carbons (Fsp3) is 0.875. The molecular formula is C8H16NO2. The molecule has 0 aliphatic carbocycles. The van der Waals surface area contributed by atoms with E-state index in [-0.39, 0.29) is 12.5 Å². The Morgan fingerprint density at radius 3 is 2.64 bits per heavy atom. The molecule has 0 aromatic heterocycles. The quantitative estimate of drug-likeness (QED) is 0.578. The Morgan fingerprint density at radius 1 is 1.36 bits per heavy atom. The molecule has 1 radical (unpaired) electrons. The average molecular weight is 158 g/mol. The summed E-state index contributed by atoms with van der Waals surface area (Å²) in [4.78, 5) is 10.9. The molecule has 0 saturated carbocycles. The van der Waals surface area contributed by atoms with Crippen molar-refractivity contribution >= 4 is 5.91 Å². The van der Waals surface area contributed by atoms with E-state index in [1.807, 2.05) is 6.92 Å². The standard InChI is InChI=1S/C8H16NO2/c1-2-6-9-8(11)5-3-4-7-10/h2-7H2,1H3,(H,9,11). The van der Waals surface area contributed by atoms with E-state index in [1.54, 1.807) is 0 Å². The molecule has 0 spiro atoms. The first-order valence-electron chi connectivity index (χ1n) is 4.16. The third kappa shape index (κ3) is 7.33. The predicted octanol–water partition coefficient (Wildman–Crippen LogP) is 1.11. The third-order valence-electron chi connectivity index (χ3n) is 1.37. The summed E-state index contributed by atoms with van der Waals surface area (Å²) in [7, 11) is 0. The van der Waals surface area contributed by atoms with E-state index in [0.717, 1.165) is 19.4 Å². The number of hydrogen-bond donors (Lipinski definition) is 1. The molecule has 3 nitrogen and oxygen atoms in total. The fourth-order valence-electron chi connectivity index (χ4n) is 0.740. The Hall–Kier alpha value is -0.570. The first kappa shape index (κ1) is 10.4. The maximum Gasteiger partial charge on any atom is 0.219 e. The highest BCUT2D eigenvalue weighted by Crippen LogP contribution is 1.93. The largest absolute Gasteiger partial charge is 0.356 e. The van der Waals surface area contributed by atoms with Gasteiger partial charge >= 0.3 is 0 Å². The van der Waals surface area contributed by atoms with Crippen molar-refractivity contribution in [2.45, 2.75) is 32.6 Å². The monoisotopic (exact) mass is 158 g/mol. The van der Waals surface area contributed by atoms with Gasteiger partial charge in [0.25, 0.3) is 0 Å². The molecule has 0 aliphatic rings. The highest BCUT2D eigenvalue weighted by Gasteiger charge is 1.97. The molecule has 0 aromatic rings. The van der Waals surface area contributed by atoms with Crippen molar-refractivity contribution in [1.29, 1.82) is 0 Å². The molecule has 0 heterocycles. The highest BCUT2D eigenvalue weighted by atomic mass is 16.2. The number of unbranched alkanes of at least 4 members (excludes halogenated alkanes) is 1. The molecule has 0 fully saturated rings. The van der Waals surface area contributed by atoms with E-state index < -0.39 is 0 Å². The predicted molar refractivity (Wildman–Crippen MR) is 42.7 cm³/mol. The minimum atomic E-state index is -0.0684. The van der Waals surface area contributed by atoms with E-state index >= 15 is 0 Å². The summed E-state index contributed by atoms with van der Waals surface area (Å²) in [6.07, 6.45) is 2.80. The molecule has 0 rings (SSSR count). The van der Waals surface area contributed by atoms with Gasteiger partial charge in [-0.2, -0.15) is 0 Å². The van der Waals surface area contributed by atoms with Crippen LogP contribution < -0.4 is 5.32 Å². The zero-order chi connectivity index (χ0) is 8.53. The van der Waals surface area contributed by atoms with E-state index in [4.69, 9.17) is 0 Å². The summed E-state index contributed by atoms with van der Waals surface area (Å²) in [5.74, 6) is 0.0697. The number of amides is 1. The van der Waals surface area contributed by atoms with Gasteiger partial charge in [-0.3, -0.25) is 4.79 Å². The van der Waals surface area contributed by atoms with Gasteiger partial charge in [-0.15, -0.1) is 0 Å². The van der Waals surface area contributed by atoms with Crippen molar-refractivity contribution in [2.24, 2.45) is 0 Å². The van der Waals surface area contributed by atoms with Crippen LogP contribution >= 0.6 is 0 Å². The number of carbonyl (C=O) groups excluding carboxylic acids is 1. The molecule has 11 heavy (non-hydrogen) atoms. The fourth-order valence-corrected chi connectivity index (χ4v) is 0.740. The molecule has 0 unspecified atom stereocenters. The van der Waals surface area contributed by atoms with Gasteiger partial charge in [-0.25, -0.2) is 5.11 Å². The van der Waals surface area contributed by atoms with Crippen LogP contribution in [0.2, 0.25) is 0 Å². The second-order valence-electron chi connectivity index (χ2n) is 2.51. The van der Waals surface area contributed by atoms with Crippen molar-refractivity contribution in [3.63, 3.8) is 0 Å². The molecule has 3 heteroatoms. The maximum absolute atomic E-state index is 10.9. The van der Waals surface area contributed by atoms with Crippen LogP contribution in [0.1, 0.15) is 32.6 Å². The van der Waals surface area contributed by atoms with Gasteiger partial charge in [0.1, 0.15) is 0 Å². The number of rotatable bonds is 6. The molecule has 1 N–H and O–H groups in total. The minimum Gasteiger partial charge on any atom is -0.356 e. The van der Waals surface area contributed by atoms with Crippen molar-refractivity contribution in [1.82, 2.24) is 5.32 Å². The molecule has 65 valence electrons. The Labute approximate surface area is 67.8 Å². The van der Waals surface area contributed by atoms with Crippen LogP contribution in [0.4, 0.5) is 0 Å². The van der Waals surface area contributed by atoms with Gasteiger partial charge < -0.3 is 5.32 Å². The lowest BCUT2D eigenvalue weighted by Crippen LogP contribution is -2.23. The van der Waals surface area contributed by atoms with Crippen molar-refractivity contribution in [3.8, 4) is 0 Å². The van der Waals surface area contributed by atoms with E-state index in [1.165, 1.54) is 0 Å². The number of carbonyl (C=O) groups is 1. The third-order valence-corrected chi connectivity index (χ3v) is 1.37. The van der Waals surface area contributed by atoms with Crippen molar-refractivity contribution in [2.75, 3.05) is 13.2 Å². The van der Waals surface area contributed by atoms with Gasteiger partial charge in [0.15, 0.2) is 0 Å². The molecule has 0 atom stereocenters. The van der Waals surface area contributed by atoms with Gasteiger partial charge in [-0.05, 0) is 19.3 Å². The first-order valence-corrected chi connectivity index (χ1v) is 4.16. The zero-order valence-corrected chi connectivity index (χ0v) is 7.06. The number of hydrogen-bond acceptors (Lipinski definition) is 1. The molecule has 0 aromatic carbocycles. The van der Waals surface area contributed by atoms with Crippen molar-refractivity contribution in [3.05, 3.63) is 0 Å². The molecule has 0 saturated heterocycles. The van der Waals surface area contributed by atoms with Crippen molar-refractivity contribution < 1.29 is 9.90 Å². The minimum absolute atomic E-state index is 0.0684. The molecule has 0 bridgehead atoms. The second-order valence-corrected chi connectivity index (χ2v) is 2.51. The summed E-state index contributed by atoms with van der Waals surface area (Å²) in [6, 6.07) is 0. The Morgan fingerprint density at radius 2 is 2.09 bits per heavy atom. The lowest BCUT2D eigenvalue weighted by atomic mass is 10.2. The zero-order valence-electron chi connectivity index (χ0n) is 7.06. The highest BCUT2D eigenvalue weighted by molar-refractivity contribution is 5.75. The normalized spacial score (nSPS) is 9.64. The summed E-state index contributed by atoms with van der Waals surface area (Å²) >= 11 is 0. The first-order chi connectivity index (χ1) is 5.31. The van der Waals surface area contributed by atoms with Gasteiger partial charge in [0.05, 0.1) is 6.61 Å². The van der Waals surface area contributed by atoms with Crippen LogP contribution in [0.5, 0.6) is 0 Å². The van der Waals surface area contributed by atoms with E-state index in [9.17, 15) is 9.90 Å². The Balaban J connectivity index is 3.09. The van der Waals surface area contributed by atoms with Gasteiger partial charge in [0.2, 0.25) is 5.91 Å². The maximum atomic E-state index is 10.9. The lowest BCUT2D eigenvalue weighted by molar-refractivity contribution is -0.121. The Kier molecular flexibility index (Phi) is 7.15. The number of nitrogens with one attached hydrogen (secondary N) is 1. The van der Waals surface area contributed by atoms with Crippen LogP contribution in [0.3, 0.4) is 0 Å². The van der Waals surface area contributed by atoms with Gasteiger partial charge in [0, 0.05) is 13.0 Å². The molecule has 1 amide bonds. The summed E-state index contributed by atoms with van der Waals surface area (Å²) in [5, 5.41) is 12.7. The molecular weight excluding hydrogens is 142 g/mol. The van der Waals surface area contributed by atoms with E-state index in [0.29, 0.717) is 12.8 Å². The summed E-state index contributed by atoms with van der Waals surface area (Å²) < 4.78 is 0. The summed E-state index contributed by atoms with van der Waals surface area (Å²) in [6.45, 7) is 2.69. The van der Waals surface area contributed by atoms with Crippen LogP contribution in [0, 0.1) is 0 Å². The Bertz CT molecular complexity index is 104. The smallest absolute Gasteiger partial charge is 0.219 e. The lowest BCUT2D eigenvalue weighted by Gasteiger charge is -2.01. The van der Waals surface area contributed by atoms with Crippen LogP contribution in [-0.4, -0.2) is 19.1 Å².